The molecule has 0 spiro atoms. The van der Waals surface area contributed by atoms with Gasteiger partial charge in [0, 0.05) is 7.05 Å². The molecule has 1 amide bonds. The average Bonchev–Trinajstić information content (AvgIpc) is 2.01. The zero-order valence-electron chi connectivity index (χ0n) is 8.12. The van der Waals surface area contributed by atoms with Crippen LogP contribution in [-0.4, -0.2) is 35.5 Å². The maximum absolute atomic E-state index is 11.7. The summed E-state index contributed by atoms with van der Waals surface area (Å²) in [5, 5.41) is 8.97. The topological polar surface area (TPSA) is 57.6 Å². The lowest BCUT2D eigenvalue weighted by Crippen LogP contribution is -2.51. The van der Waals surface area contributed by atoms with Gasteiger partial charge in [0.1, 0.15) is 5.41 Å². The number of aliphatic carboxylic acids is 1. The predicted octanol–water partition coefficient (Wildman–Crippen LogP) is 0.333. The Morgan fingerprint density at radius 3 is 2.43 bits per heavy atom. The number of rotatable bonds is 3. The quantitative estimate of drug-likeness (QED) is 0.521. The first-order valence-corrected chi connectivity index (χ1v) is 4.47. The number of carboxylic acids is 1. The molecule has 1 saturated carbocycles. The summed E-state index contributed by atoms with van der Waals surface area (Å²) in [5.74, 6) is 0.923. The number of hydrogen-bond donors (Lipinski definition) is 1. The van der Waals surface area contributed by atoms with Crippen molar-refractivity contribution in [3.05, 3.63) is 0 Å². The molecule has 0 aromatic carbocycles. The van der Waals surface area contributed by atoms with E-state index in [4.69, 9.17) is 11.5 Å². The number of amides is 1. The smallest absolute Gasteiger partial charge is 0.319 e. The van der Waals surface area contributed by atoms with E-state index in [0.29, 0.717) is 12.8 Å². The molecule has 0 aliphatic heterocycles. The summed E-state index contributed by atoms with van der Waals surface area (Å²) in [7, 11) is 1.53. The van der Waals surface area contributed by atoms with E-state index in [1.54, 1.807) is 0 Å². The lowest BCUT2D eigenvalue weighted by Gasteiger charge is -2.38. The molecule has 0 heterocycles. The van der Waals surface area contributed by atoms with Gasteiger partial charge in [0.05, 0.1) is 6.54 Å². The van der Waals surface area contributed by atoms with Crippen molar-refractivity contribution in [1.29, 1.82) is 0 Å². The van der Waals surface area contributed by atoms with Gasteiger partial charge in [0.25, 0.3) is 0 Å². The summed E-state index contributed by atoms with van der Waals surface area (Å²) >= 11 is 0. The van der Waals surface area contributed by atoms with Crippen molar-refractivity contribution in [2.24, 2.45) is 5.41 Å². The maximum Gasteiger partial charge on any atom is 0.319 e. The van der Waals surface area contributed by atoms with Crippen LogP contribution < -0.4 is 0 Å². The van der Waals surface area contributed by atoms with Crippen molar-refractivity contribution in [2.45, 2.75) is 19.3 Å². The molecule has 0 unspecified atom stereocenters. The molecule has 0 aromatic heterocycles. The van der Waals surface area contributed by atoms with Crippen molar-refractivity contribution >= 4 is 11.9 Å². The van der Waals surface area contributed by atoms with Gasteiger partial charge in [-0.2, -0.15) is 0 Å². The van der Waals surface area contributed by atoms with Gasteiger partial charge in [-0.1, -0.05) is 12.3 Å². The van der Waals surface area contributed by atoms with E-state index in [0.717, 1.165) is 6.42 Å². The number of nitrogens with zero attached hydrogens (tertiary/aromatic N) is 1. The molecule has 0 atom stereocenters. The molecule has 14 heavy (non-hydrogen) atoms. The summed E-state index contributed by atoms with van der Waals surface area (Å²) < 4.78 is 0. The highest BCUT2D eigenvalue weighted by molar-refractivity contribution is 6.02. The molecule has 4 nitrogen and oxygen atoms in total. The van der Waals surface area contributed by atoms with Crippen LogP contribution in [0.25, 0.3) is 0 Å². The van der Waals surface area contributed by atoms with Gasteiger partial charge >= 0.3 is 5.97 Å². The van der Waals surface area contributed by atoms with Gasteiger partial charge in [-0.15, -0.1) is 6.42 Å². The molecule has 1 N–H and O–H groups in total. The number of carbonyl (C=O) groups excluding carboxylic acids is 1. The van der Waals surface area contributed by atoms with Gasteiger partial charge in [-0.05, 0) is 12.8 Å². The molecule has 0 bridgehead atoms. The fraction of sp³-hybridized carbons (Fsp3) is 0.600. The molecule has 0 aromatic rings. The summed E-state index contributed by atoms with van der Waals surface area (Å²) in [4.78, 5) is 24.0. The second-order valence-corrected chi connectivity index (χ2v) is 3.61. The van der Waals surface area contributed by atoms with E-state index >= 15 is 0 Å². The minimum atomic E-state index is -1.19. The van der Waals surface area contributed by atoms with Crippen LogP contribution in [0, 0.1) is 17.8 Å². The first-order valence-electron chi connectivity index (χ1n) is 4.47. The van der Waals surface area contributed by atoms with Crippen LogP contribution >= 0.6 is 0 Å². The van der Waals surface area contributed by atoms with Crippen LogP contribution in [0.3, 0.4) is 0 Å². The van der Waals surface area contributed by atoms with Gasteiger partial charge in [0.2, 0.25) is 5.91 Å². The second-order valence-electron chi connectivity index (χ2n) is 3.61. The number of carbonyl (C=O) groups is 2. The highest BCUT2D eigenvalue weighted by Crippen LogP contribution is 2.42. The van der Waals surface area contributed by atoms with E-state index in [1.807, 2.05) is 0 Å². The SMILES string of the molecule is C#CCN(C)C(=O)C1(C(=O)O)CCC1. The normalized spacial score (nSPS) is 17.7. The van der Waals surface area contributed by atoms with E-state index in [-0.39, 0.29) is 12.5 Å². The second kappa shape index (κ2) is 3.70. The predicted molar refractivity (Wildman–Crippen MR) is 50.4 cm³/mol. The van der Waals surface area contributed by atoms with Crippen molar-refractivity contribution in [3.8, 4) is 12.3 Å². The Kier molecular flexibility index (Phi) is 2.80. The molecule has 1 aliphatic rings. The number of carboxylic acid groups (broad SMARTS) is 1. The molecule has 1 aliphatic carbocycles. The van der Waals surface area contributed by atoms with Crippen molar-refractivity contribution in [1.82, 2.24) is 4.90 Å². The molecule has 1 rings (SSSR count). The Balaban J connectivity index is 2.76. The zero-order chi connectivity index (χ0) is 10.8. The van der Waals surface area contributed by atoms with Crippen LogP contribution in [0.15, 0.2) is 0 Å². The van der Waals surface area contributed by atoms with Crippen molar-refractivity contribution in [2.75, 3.05) is 13.6 Å². The maximum atomic E-state index is 11.7. The Hall–Kier alpha value is -1.50. The highest BCUT2D eigenvalue weighted by atomic mass is 16.4. The van der Waals surface area contributed by atoms with Crippen LogP contribution in [0.4, 0.5) is 0 Å². The van der Waals surface area contributed by atoms with Crippen LogP contribution in [0.2, 0.25) is 0 Å². The molecule has 0 radical (unpaired) electrons. The third-order valence-corrected chi connectivity index (χ3v) is 2.70. The molecule has 1 fully saturated rings. The third-order valence-electron chi connectivity index (χ3n) is 2.70. The Bertz CT molecular complexity index is 299. The van der Waals surface area contributed by atoms with E-state index < -0.39 is 11.4 Å². The monoisotopic (exact) mass is 195 g/mol. The third kappa shape index (κ3) is 1.46. The number of hydrogen-bond acceptors (Lipinski definition) is 2. The summed E-state index contributed by atoms with van der Waals surface area (Å²) in [6.07, 6.45) is 6.70. The van der Waals surface area contributed by atoms with Crippen molar-refractivity contribution in [3.63, 3.8) is 0 Å². The first-order chi connectivity index (χ1) is 6.54. The lowest BCUT2D eigenvalue weighted by molar-refractivity contribution is -0.166. The minimum absolute atomic E-state index is 0.161. The van der Waals surface area contributed by atoms with Crippen LogP contribution in [-0.2, 0) is 9.59 Å². The Morgan fingerprint density at radius 2 is 2.14 bits per heavy atom. The molecule has 4 heteroatoms. The largest absolute Gasteiger partial charge is 0.480 e. The zero-order valence-corrected chi connectivity index (χ0v) is 8.12. The molecule has 0 saturated heterocycles. The fourth-order valence-electron chi connectivity index (χ4n) is 1.62. The van der Waals surface area contributed by atoms with Crippen LogP contribution in [0.5, 0.6) is 0 Å². The van der Waals surface area contributed by atoms with Gasteiger partial charge in [0.15, 0.2) is 0 Å². The number of terminal acetylenes is 1. The fourth-order valence-corrected chi connectivity index (χ4v) is 1.62. The van der Waals surface area contributed by atoms with E-state index in [2.05, 4.69) is 5.92 Å². The van der Waals surface area contributed by atoms with Gasteiger partial charge in [-0.3, -0.25) is 9.59 Å². The van der Waals surface area contributed by atoms with Crippen LogP contribution in [0.1, 0.15) is 19.3 Å². The van der Waals surface area contributed by atoms with E-state index in [1.165, 1.54) is 11.9 Å². The summed E-state index contributed by atoms with van der Waals surface area (Å²) in [5.41, 5.74) is -1.19. The minimum Gasteiger partial charge on any atom is -0.480 e. The standard InChI is InChI=1S/C10H13NO3/c1-3-7-11(2)8(12)10(9(13)14)5-4-6-10/h1H,4-7H2,2H3,(H,13,14). The van der Waals surface area contributed by atoms with Crippen molar-refractivity contribution < 1.29 is 14.7 Å². The summed E-state index contributed by atoms with van der Waals surface area (Å²) in [6.45, 7) is 0.161. The van der Waals surface area contributed by atoms with Gasteiger partial charge < -0.3 is 10.0 Å². The lowest BCUT2D eigenvalue weighted by atomic mass is 9.68. The van der Waals surface area contributed by atoms with Gasteiger partial charge in [-0.25, -0.2) is 0 Å². The Morgan fingerprint density at radius 1 is 1.57 bits per heavy atom. The highest BCUT2D eigenvalue weighted by Gasteiger charge is 2.52. The average molecular weight is 195 g/mol. The summed E-state index contributed by atoms with van der Waals surface area (Å²) in [6, 6.07) is 0. The van der Waals surface area contributed by atoms with E-state index in [9.17, 15) is 9.59 Å². The molecule has 76 valence electrons. The first kappa shape index (κ1) is 10.6. The Labute approximate surface area is 82.9 Å². The molecular weight excluding hydrogens is 182 g/mol. The molecular formula is C10H13NO3.